The van der Waals surface area contributed by atoms with E-state index in [0.717, 1.165) is 0 Å². The van der Waals surface area contributed by atoms with Crippen molar-refractivity contribution in [1.29, 1.82) is 0 Å². The number of anilines is 1. The Morgan fingerprint density at radius 1 is 1.26 bits per heavy atom. The van der Waals surface area contributed by atoms with Gasteiger partial charge in [0.15, 0.2) is 17.4 Å². The van der Waals surface area contributed by atoms with Gasteiger partial charge in [-0.05, 0) is 20.8 Å². The first-order valence-corrected chi connectivity index (χ1v) is 6.47. The van der Waals surface area contributed by atoms with Crippen LogP contribution >= 0.6 is 0 Å². The Bertz CT molecular complexity index is 469. The summed E-state index contributed by atoms with van der Waals surface area (Å²) in [5.74, 6) is -0.938. The molecule has 19 heavy (non-hydrogen) atoms. The lowest BCUT2D eigenvalue weighted by Crippen LogP contribution is -2.54. The molecule has 1 saturated heterocycles. The third-order valence-corrected chi connectivity index (χ3v) is 3.48. The zero-order valence-electron chi connectivity index (χ0n) is 11.8. The molecule has 1 aliphatic rings. The number of piperazine rings is 1. The lowest BCUT2D eigenvalue weighted by atomic mass is 10.1. The van der Waals surface area contributed by atoms with E-state index in [0.29, 0.717) is 18.8 Å². The first-order chi connectivity index (χ1) is 8.93. The molecule has 0 radical (unpaired) electrons. The Labute approximate surface area is 112 Å². The number of methoxy groups -OCH3 is 1. The zero-order chi connectivity index (χ0) is 14.2. The van der Waals surface area contributed by atoms with Gasteiger partial charge in [-0.3, -0.25) is 0 Å². The van der Waals surface area contributed by atoms with Crippen LogP contribution in [0.4, 0.5) is 14.5 Å². The molecule has 1 aromatic carbocycles. The minimum atomic E-state index is -0.518. The van der Waals surface area contributed by atoms with Gasteiger partial charge in [0.25, 0.3) is 0 Å². The summed E-state index contributed by atoms with van der Waals surface area (Å²) in [5, 5.41) is 3.37. The summed E-state index contributed by atoms with van der Waals surface area (Å²) in [4.78, 5) is 1.89. The second kappa shape index (κ2) is 5.33. The van der Waals surface area contributed by atoms with Crippen molar-refractivity contribution in [3.05, 3.63) is 23.3 Å². The Kier molecular flexibility index (Phi) is 3.94. The molecule has 0 saturated carbocycles. The van der Waals surface area contributed by atoms with Crippen molar-refractivity contribution in [2.24, 2.45) is 0 Å². The van der Waals surface area contributed by atoms with E-state index in [4.69, 9.17) is 4.74 Å². The maximum absolute atomic E-state index is 14.4. The number of ether oxygens (including phenoxy) is 1. The van der Waals surface area contributed by atoms with Crippen molar-refractivity contribution in [2.45, 2.75) is 32.9 Å². The second-order valence-electron chi connectivity index (χ2n) is 5.22. The quantitative estimate of drug-likeness (QED) is 0.893. The normalized spacial score (nSPS) is 23.6. The van der Waals surface area contributed by atoms with Gasteiger partial charge in [-0.25, -0.2) is 8.78 Å². The summed E-state index contributed by atoms with van der Waals surface area (Å²) in [6.07, 6.45) is 0. The number of hydrogen-bond acceptors (Lipinski definition) is 3. The van der Waals surface area contributed by atoms with Crippen LogP contribution in [-0.2, 0) is 0 Å². The van der Waals surface area contributed by atoms with Crippen LogP contribution in [0.25, 0.3) is 0 Å². The predicted molar refractivity (Wildman–Crippen MR) is 71.9 cm³/mol. The molecule has 1 aromatic rings. The van der Waals surface area contributed by atoms with Crippen LogP contribution in [0, 0.1) is 18.6 Å². The van der Waals surface area contributed by atoms with E-state index in [2.05, 4.69) is 5.32 Å². The number of nitrogens with one attached hydrogen (secondary N) is 1. The molecule has 3 nitrogen and oxygen atoms in total. The summed E-state index contributed by atoms with van der Waals surface area (Å²) in [5.41, 5.74) is 0.535. The van der Waals surface area contributed by atoms with E-state index in [1.165, 1.54) is 20.1 Å². The van der Waals surface area contributed by atoms with E-state index >= 15 is 0 Å². The molecule has 0 aliphatic carbocycles. The van der Waals surface area contributed by atoms with Crippen LogP contribution < -0.4 is 15.0 Å². The summed E-state index contributed by atoms with van der Waals surface area (Å²) >= 11 is 0. The number of hydrogen-bond donors (Lipinski definition) is 1. The third-order valence-electron chi connectivity index (χ3n) is 3.48. The molecule has 2 atom stereocenters. The van der Waals surface area contributed by atoms with Gasteiger partial charge in [0.1, 0.15) is 0 Å². The van der Waals surface area contributed by atoms with Gasteiger partial charge in [0, 0.05) is 36.8 Å². The van der Waals surface area contributed by atoms with E-state index in [1.807, 2.05) is 18.7 Å². The average molecular weight is 270 g/mol. The molecular weight excluding hydrogens is 250 g/mol. The smallest absolute Gasteiger partial charge is 0.167 e. The summed E-state index contributed by atoms with van der Waals surface area (Å²) < 4.78 is 33.2. The van der Waals surface area contributed by atoms with Crippen LogP contribution in [-0.4, -0.2) is 32.3 Å². The monoisotopic (exact) mass is 270 g/mol. The number of nitrogens with zero attached hydrogens (tertiary/aromatic N) is 1. The van der Waals surface area contributed by atoms with E-state index in [9.17, 15) is 8.78 Å². The van der Waals surface area contributed by atoms with Crippen molar-refractivity contribution >= 4 is 5.69 Å². The SMILES string of the molecule is COc1c(F)cc(N2CC(C)NC(C)C2)c(F)c1C. The van der Waals surface area contributed by atoms with Gasteiger partial charge in [0.2, 0.25) is 0 Å². The van der Waals surface area contributed by atoms with E-state index in [1.54, 1.807) is 0 Å². The van der Waals surface area contributed by atoms with E-state index < -0.39 is 11.6 Å². The highest BCUT2D eigenvalue weighted by Crippen LogP contribution is 2.32. The second-order valence-corrected chi connectivity index (χ2v) is 5.22. The van der Waals surface area contributed by atoms with Gasteiger partial charge < -0.3 is 15.0 Å². The number of benzene rings is 1. The fraction of sp³-hybridized carbons (Fsp3) is 0.571. The first-order valence-electron chi connectivity index (χ1n) is 6.47. The molecule has 2 unspecified atom stereocenters. The first kappa shape index (κ1) is 14.1. The van der Waals surface area contributed by atoms with Crippen molar-refractivity contribution in [3.8, 4) is 5.75 Å². The van der Waals surface area contributed by atoms with Gasteiger partial charge in [0.05, 0.1) is 12.8 Å². The molecule has 0 bridgehead atoms. The van der Waals surface area contributed by atoms with Crippen molar-refractivity contribution in [1.82, 2.24) is 5.32 Å². The molecule has 1 heterocycles. The van der Waals surface area contributed by atoms with Gasteiger partial charge >= 0.3 is 0 Å². The Morgan fingerprint density at radius 2 is 1.84 bits per heavy atom. The van der Waals surface area contributed by atoms with Gasteiger partial charge in [-0.15, -0.1) is 0 Å². The molecular formula is C14H20F2N2O. The van der Waals surface area contributed by atoms with Crippen LogP contribution in [0.2, 0.25) is 0 Å². The molecule has 1 fully saturated rings. The van der Waals surface area contributed by atoms with Gasteiger partial charge in [-0.1, -0.05) is 0 Å². The highest BCUT2D eigenvalue weighted by Gasteiger charge is 2.26. The minimum Gasteiger partial charge on any atom is -0.493 e. The molecule has 0 aromatic heterocycles. The molecule has 106 valence electrons. The molecule has 2 rings (SSSR count). The number of rotatable bonds is 2. The summed E-state index contributed by atoms with van der Waals surface area (Å²) in [6.45, 7) is 6.93. The van der Waals surface area contributed by atoms with Crippen molar-refractivity contribution in [2.75, 3.05) is 25.1 Å². The summed E-state index contributed by atoms with van der Waals surface area (Å²) in [6, 6.07) is 1.72. The maximum Gasteiger partial charge on any atom is 0.167 e. The van der Waals surface area contributed by atoms with Crippen LogP contribution in [0.3, 0.4) is 0 Å². The lowest BCUT2D eigenvalue weighted by molar-refractivity contribution is 0.376. The van der Waals surface area contributed by atoms with Gasteiger partial charge in [-0.2, -0.15) is 0 Å². The minimum absolute atomic E-state index is 0.0162. The largest absolute Gasteiger partial charge is 0.493 e. The van der Waals surface area contributed by atoms with E-state index in [-0.39, 0.29) is 23.4 Å². The zero-order valence-corrected chi connectivity index (χ0v) is 11.8. The Hall–Kier alpha value is -1.36. The van der Waals surface area contributed by atoms with Crippen LogP contribution in [0.5, 0.6) is 5.75 Å². The standard InChI is InChI=1S/C14H20F2N2O/c1-8-6-18(7-9(2)17-8)12-5-11(15)14(19-4)10(3)13(12)16/h5,8-9,17H,6-7H2,1-4H3. The van der Waals surface area contributed by atoms with Crippen molar-refractivity contribution in [3.63, 3.8) is 0 Å². The van der Waals surface area contributed by atoms with Crippen LogP contribution in [0.15, 0.2) is 6.07 Å². The molecule has 0 spiro atoms. The predicted octanol–water partition coefficient (Wildman–Crippen LogP) is 2.47. The molecule has 1 N–H and O–H groups in total. The number of halogens is 2. The van der Waals surface area contributed by atoms with Crippen LogP contribution in [0.1, 0.15) is 19.4 Å². The fourth-order valence-electron chi connectivity index (χ4n) is 2.72. The Morgan fingerprint density at radius 3 is 2.37 bits per heavy atom. The fourth-order valence-corrected chi connectivity index (χ4v) is 2.72. The van der Waals surface area contributed by atoms with Crippen molar-refractivity contribution < 1.29 is 13.5 Å². The average Bonchev–Trinajstić information content (AvgIpc) is 2.33. The lowest BCUT2D eigenvalue weighted by Gasteiger charge is -2.38. The molecule has 0 amide bonds. The maximum atomic E-state index is 14.4. The highest BCUT2D eigenvalue weighted by atomic mass is 19.1. The summed E-state index contributed by atoms with van der Waals surface area (Å²) in [7, 11) is 1.35. The molecule has 1 aliphatic heterocycles. The topological polar surface area (TPSA) is 24.5 Å². The highest BCUT2D eigenvalue weighted by molar-refractivity contribution is 5.56. The third kappa shape index (κ3) is 2.66. The Balaban J connectivity index is 2.40. The molecule has 5 heteroatoms.